The molecule has 17 heavy (non-hydrogen) atoms. The van der Waals surface area contributed by atoms with Gasteiger partial charge in [0.15, 0.2) is 6.35 Å². The van der Waals surface area contributed by atoms with E-state index in [1.54, 1.807) is 13.8 Å². The van der Waals surface area contributed by atoms with E-state index in [2.05, 4.69) is 0 Å². The van der Waals surface area contributed by atoms with Crippen LogP contribution in [-0.4, -0.2) is 19.6 Å². The number of benzene rings is 1. The van der Waals surface area contributed by atoms with E-state index in [-0.39, 0.29) is 6.35 Å². The number of hydrogen-bond donors (Lipinski definition) is 0. The third-order valence-corrected chi connectivity index (χ3v) is 3.87. The van der Waals surface area contributed by atoms with Gasteiger partial charge in [-0.05, 0) is 32.4 Å². The van der Waals surface area contributed by atoms with E-state index in [0.29, 0.717) is 19.0 Å². The Kier molecular flexibility index (Phi) is 5.69. The smallest absolute Gasteiger partial charge is 0.367 e. The highest BCUT2D eigenvalue weighted by atomic mass is 31.2. The summed E-state index contributed by atoms with van der Waals surface area (Å²) in [5.41, 5.74) is 0.993. The second kappa shape index (κ2) is 6.80. The van der Waals surface area contributed by atoms with Gasteiger partial charge in [0.1, 0.15) is 5.75 Å². The summed E-state index contributed by atoms with van der Waals surface area (Å²) in [4.78, 5) is 0. The third kappa shape index (κ3) is 4.50. The Balaban J connectivity index is 2.64. The molecular weight excluding hydrogens is 239 g/mol. The molecule has 0 atom stereocenters. The van der Waals surface area contributed by atoms with Crippen LogP contribution in [0, 0.1) is 6.92 Å². The number of para-hydroxylation sites is 1. The summed E-state index contributed by atoms with van der Waals surface area (Å²) < 4.78 is 27.9. The molecule has 0 amide bonds. The van der Waals surface area contributed by atoms with Gasteiger partial charge in [0.2, 0.25) is 0 Å². The molecule has 0 bridgehead atoms. The Hall–Kier alpha value is -0.830. The normalized spacial score (nSPS) is 11.5. The van der Waals surface area contributed by atoms with Crippen LogP contribution in [0.4, 0.5) is 0 Å². The summed E-state index contributed by atoms with van der Waals surface area (Å²) >= 11 is 0. The SMILES string of the molecule is CCOP(=O)(COc1ccccc1C)OCC. The molecule has 0 aromatic heterocycles. The highest BCUT2D eigenvalue weighted by Gasteiger charge is 2.24. The number of aryl methyl sites for hydroxylation is 1. The van der Waals surface area contributed by atoms with Gasteiger partial charge in [0.25, 0.3) is 0 Å². The highest BCUT2D eigenvalue weighted by molar-refractivity contribution is 7.53. The minimum Gasteiger partial charge on any atom is -0.481 e. The van der Waals surface area contributed by atoms with Crippen molar-refractivity contribution in [1.82, 2.24) is 0 Å². The van der Waals surface area contributed by atoms with Crippen LogP contribution >= 0.6 is 7.60 Å². The summed E-state index contributed by atoms with van der Waals surface area (Å²) in [5, 5.41) is 0. The summed E-state index contributed by atoms with van der Waals surface area (Å²) in [5.74, 6) is 0.701. The van der Waals surface area contributed by atoms with Crippen LogP contribution in [0.25, 0.3) is 0 Å². The Bertz CT molecular complexity index is 382. The average molecular weight is 258 g/mol. The number of hydrogen-bond acceptors (Lipinski definition) is 4. The first kappa shape index (κ1) is 14.2. The molecule has 0 saturated carbocycles. The maximum absolute atomic E-state index is 12.1. The second-order valence-corrected chi connectivity index (χ2v) is 5.48. The maximum atomic E-state index is 12.1. The molecular formula is C12H19O4P. The maximum Gasteiger partial charge on any atom is 0.367 e. The molecule has 1 aromatic carbocycles. The Morgan fingerprint density at radius 1 is 1.12 bits per heavy atom. The van der Waals surface area contributed by atoms with Gasteiger partial charge in [-0.25, -0.2) is 0 Å². The van der Waals surface area contributed by atoms with Crippen LogP contribution in [0.1, 0.15) is 19.4 Å². The standard InChI is InChI=1S/C12H19O4P/c1-4-15-17(13,16-5-2)10-14-12-9-7-6-8-11(12)3/h6-9H,4-5,10H2,1-3H3. The van der Waals surface area contributed by atoms with E-state index in [1.165, 1.54) is 0 Å². The molecule has 0 aliphatic carbocycles. The van der Waals surface area contributed by atoms with Crippen molar-refractivity contribution in [2.45, 2.75) is 20.8 Å². The summed E-state index contributed by atoms with van der Waals surface area (Å²) in [6.07, 6.45) is -0.0560. The van der Waals surface area contributed by atoms with Crippen molar-refractivity contribution in [3.63, 3.8) is 0 Å². The minimum atomic E-state index is -3.13. The van der Waals surface area contributed by atoms with Crippen LogP contribution < -0.4 is 4.74 Å². The van der Waals surface area contributed by atoms with E-state index >= 15 is 0 Å². The van der Waals surface area contributed by atoms with E-state index in [1.807, 2.05) is 31.2 Å². The molecule has 0 aliphatic heterocycles. The van der Waals surface area contributed by atoms with Crippen molar-refractivity contribution < 1.29 is 18.3 Å². The van der Waals surface area contributed by atoms with Gasteiger partial charge >= 0.3 is 7.60 Å². The number of rotatable bonds is 7. The molecule has 0 saturated heterocycles. The number of ether oxygens (including phenoxy) is 1. The van der Waals surface area contributed by atoms with Gasteiger partial charge < -0.3 is 13.8 Å². The average Bonchev–Trinajstić information content (AvgIpc) is 2.29. The zero-order valence-electron chi connectivity index (χ0n) is 10.5. The molecule has 1 aromatic rings. The largest absolute Gasteiger partial charge is 0.481 e. The van der Waals surface area contributed by atoms with Crippen LogP contribution in [-0.2, 0) is 13.6 Å². The molecule has 0 fully saturated rings. The third-order valence-electron chi connectivity index (χ3n) is 2.12. The molecule has 1 rings (SSSR count). The first-order chi connectivity index (χ1) is 8.11. The second-order valence-electron chi connectivity index (χ2n) is 3.49. The zero-order valence-corrected chi connectivity index (χ0v) is 11.4. The van der Waals surface area contributed by atoms with Crippen molar-refractivity contribution >= 4 is 7.60 Å². The monoisotopic (exact) mass is 258 g/mol. The van der Waals surface area contributed by atoms with Gasteiger partial charge in [-0.1, -0.05) is 18.2 Å². The first-order valence-corrected chi connectivity index (χ1v) is 7.40. The summed E-state index contributed by atoms with van der Waals surface area (Å²) in [6, 6.07) is 7.56. The fourth-order valence-corrected chi connectivity index (χ4v) is 2.68. The molecule has 0 spiro atoms. The van der Waals surface area contributed by atoms with Crippen LogP contribution in [0.2, 0.25) is 0 Å². The Morgan fingerprint density at radius 3 is 2.24 bits per heavy atom. The van der Waals surface area contributed by atoms with E-state index in [9.17, 15) is 4.57 Å². The van der Waals surface area contributed by atoms with Crippen molar-refractivity contribution in [2.24, 2.45) is 0 Å². The minimum absolute atomic E-state index is 0.0560. The van der Waals surface area contributed by atoms with E-state index in [4.69, 9.17) is 13.8 Å². The fraction of sp³-hybridized carbons (Fsp3) is 0.500. The first-order valence-electron chi connectivity index (χ1n) is 5.68. The van der Waals surface area contributed by atoms with Gasteiger partial charge in [0, 0.05) is 0 Å². The van der Waals surface area contributed by atoms with Crippen molar-refractivity contribution in [3.8, 4) is 5.75 Å². The molecule has 0 heterocycles. The van der Waals surface area contributed by atoms with Crippen LogP contribution in [0.3, 0.4) is 0 Å². The Labute approximate surface area is 102 Å². The van der Waals surface area contributed by atoms with Gasteiger partial charge in [-0.3, -0.25) is 4.57 Å². The predicted octanol–water partition coefficient (Wildman–Crippen LogP) is 3.60. The fourth-order valence-electron chi connectivity index (χ4n) is 1.37. The molecule has 96 valence electrons. The lowest BCUT2D eigenvalue weighted by molar-refractivity contribution is 0.196. The molecule has 0 radical (unpaired) electrons. The lowest BCUT2D eigenvalue weighted by atomic mass is 10.2. The Morgan fingerprint density at radius 2 is 1.71 bits per heavy atom. The molecule has 4 nitrogen and oxygen atoms in total. The van der Waals surface area contributed by atoms with Gasteiger partial charge in [0.05, 0.1) is 13.2 Å². The quantitative estimate of drug-likeness (QED) is 0.701. The summed E-state index contributed by atoms with van der Waals surface area (Å²) in [6.45, 7) is 6.17. The van der Waals surface area contributed by atoms with Crippen molar-refractivity contribution in [1.29, 1.82) is 0 Å². The van der Waals surface area contributed by atoms with Gasteiger partial charge in [-0.15, -0.1) is 0 Å². The molecule has 0 aliphatic rings. The molecule has 0 unspecified atom stereocenters. The van der Waals surface area contributed by atoms with Crippen molar-refractivity contribution in [2.75, 3.05) is 19.6 Å². The van der Waals surface area contributed by atoms with Gasteiger partial charge in [-0.2, -0.15) is 0 Å². The lowest BCUT2D eigenvalue weighted by Gasteiger charge is -2.18. The summed E-state index contributed by atoms with van der Waals surface area (Å²) in [7, 11) is -3.13. The van der Waals surface area contributed by atoms with E-state index in [0.717, 1.165) is 5.56 Å². The zero-order chi connectivity index (χ0) is 12.7. The topological polar surface area (TPSA) is 44.8 Å². The predicted molar refractivity (Wildman–Crippen MR) is 67.5 cm³/mol. The molecule has 5 heteroatoms. The molecule has 0 N–H and O–H groups in total. The van der Waals surface area contributed by atoms with Crippen molar-refractivity contribution in [3.05, 3.63) is 29.8 Å². The highest BCUT2D eigenvalue weighted by Crippen LogP contribution is 2.48. The lowest BCUT2D eigenvalue weighted by Crippen LogP contribution is -2.06. The van der Waals surface area contributed by atoms with Crippen LogP contribution in [0.5, 0.6) is 5.75 Å². The van der Waals surface area contributed by atoms with Crippen LogP contribution in [0.15, 0.2) is 24.3 Å². The van der Waals surface area contributed by atoms with E-state index < -0.39 is 7.60 Å².